The van der Waals surface area contributed by atoms with Crippen molar-refractivity contribution in [2.45, 2.75) is 103 Å². The molecule has 4 fully saturated rings. The van der Waals surface area contributed by atoms with E-state index in [4.69, 9.17) is 14.2 Å². The highest BCUT2D eigenvalue weighted by Crippen LogP contribution is 2.69. The van der Waals surface area contributed by atoms with Gasteiger partial charge >= 0.3 is 0 Å². The van der Waals surface area contributed by atoms with E-state index < -0.39 is 11.4 Å². The number of ether oxygens (including phenoxy) is 3. The van der Waals surface area contributed by atoms with Gasteiger partial charge in [-0.25, -0.2) is 0 Å². The first-order valence-corrected chi connectivity index (χ1v) is 11.3. The standard InChI is InChI=1S/C23H40O5/c1-16-6-7-17-20(4)15-26-19(2,3)27-18(20)8-9-21(17,5)23(16)11-10-22(14-25,28-23)12-13-24/h16-18,24-25H,6-15H2,1-5H3/t16-,17-,18+,20+,21+,22+,23+/m1/s1. The van der Waals surface area contributed by atoms with E-state index in [2.05, 4.69) is 20.8 Å². The Morgan fingerprint density at radius 2 is 1.71 bits per heavy atom. The molecular formula is C23H40O5. The van der Waals surface area contributed by atoms with Crippen molar-refractivity contribution in [3.63, 3.8) is 0 Å². The Labute approximate surface area is 170 Å². The fourth-order valence-electron chi connectivity index (χ4n) is 7.57. The molecule has 2 aliphatic carbocycles. The van der Waals surface area contributed by atoms with Crippen molar-refractivity contribution in [2.24, 2.45) is 22.7 Å². The Hall–Kier alpha value is -0.200. The lowest BCUT2D eigenvalue weighted by Crippen LogP contribution is -2.69. The van der Waals surface area contributed by atoms with Crippen molar-refractivity contribution < 1.29 is 24.4 Å². The smallest absolute Gasteiger partial charge is 0.163 e. The first-order valence-electron chi connectivity index (χ1n) is 11.3. The predicted octanol–water partition coefficient (Wildman–Crippen LogP) is 3.65. The lowest BCUT2D eigenvalue weighted by atomic mass is 9.43. The third kappa shape index (κ3) is 2.76. The van der Waals surface area contributed by atoms with E-state index in [1.165, 1.54) is 6.42 Å². The third-order valence-corrected chi connectivity index (χ3v) is 9.24. The summed E-state index contributed by atoms with van der Waals surface area (Å²) in [7, 11) is 0. The van der Waals surface area contributed by atoms with Crippen LogP contribution in [0.2, 0.25) is 0 Å². The second-order valence-corrected chi connectivity index (χ2v) is 11.1. The summed E-state index contributed by atoms with van der Waals surface area (Å²) in [6, 6.07) is 0. The van der Waals surface area contributed by atoms with Gasteiger partial charge in [0.2, 0.25) is 0 Å². The zero-order valence-electron chi connectivity index (χ0n) is 18.4. The average Bonchev–Trinajstić information content (AvgIpc) is 3.03. The van der Waals surface area contributed by atoms with E-state index in [9.17, 15) is 10.2 Å². The second-order valence-electron chi connectivity index (χ2n) is 11.1. The number of aliphatic hydroxyl groups is 2. The molecule has 2 saturated heterocycles. The normalized spacial score (nSPS) is 53.0. The molecule has 0 bridgehead atoms. The molecule has 2 heterocycles. The summed E-state index contributed by atoms with van der Waals surface area (Å²) in [6.45, 7) is 12.0. The lowest BCUT2D eigenvalue weighted by molar-refractivity contribution is -0.359. The zero-order chi connectivity index (χ0) is 20.4. The average molecular weight is 397 g/mol. The number of aliphatic hydroxyl groups excluding tert-OH is 2. The minimum absolute atomic E-state index is 0.0108. The molecule has 0 aromatic rings. The zero-order valence-corrected chi connectivity index (χ0v) is 18.4. The van der Waals surface area contributed by atoms with Crippen LogP contribution in [0.15, 0.2) is 0 Å². The first kappa shape index (κ1) is 21.0. The largest absolute Gasteiger partial charge is 0.396 e. The number of hydrogen-bond donors (Lipinski definition) is 2. The van der Waals surface area contributed by atoms with Gasteiger partial charge in [-0.3, -0.25) is 0 Å². The Bertz CT molecular complexity index is 608. The van der Waals surface area contributed by atoms with Crippen LogP contribution in [0.5, 0.6) is 0 Å². The van der Waals surface area contributed by atoms with Crippen LogP contribution < -0.4 is 0 Å². The highest BCUT2D eigenvalue weighted by atomic mass is 16.7. The van der Waals surface area contributed by atoms with Gasteiger partial charge in [0.25, 0.3) is 0 Å². The summed E-state index contributed by atoms with van der Waals surface area (Å²) in [6.07, 6.45) is 6.95. The van der Waals surface area contributed by atoms with Gasteiger partial charge in [-0.15, -0.1) is 0 Å². The Morgan fingerprint density at radius 1 is 0.964 bits per heavy atom. The molecular weight excluding hydrogens is 356 g/mol. The van der Waals surface area contributed by atoms with Crippen LogP contribution in [0.3, 0.4) is 0 Å². The van der Waals surface area contributed by atoms with Crippen molar-refractivity contribution in [3.8, 4) is 0 Å². The van der Waals surface area contributed by atoms with Crippen molar-refractivity contribution in [1.82, 2.24) is 0 Å². The van der Waals surface area contributed by atoms with Crippen LogP contribution in [0, 0.1) is 22.7 Å². The summed E-state index contributed by atoms with van der Waals surface area (Å²) in [4.78, 5) is 0. The molecule has 2 N–H and O–H groups in total. The predicted molar refractivity (Wildman–Crippen MR) is 107 cm³/mol. The van der Waals surface area contributed by atoms with E-state index in [-0.39, 0.29) is 35.7 Å². The quantitative estimate of drug-likeness (QED) is 0.762. The Balaban J connectivity index is 1.70. The fraction of sp³-hybridized carbons (Fsp3) is 1.00. The van der Waals surface area contributed by atoms with E-state index in [0.29, 0.717) is 18.3 Å². The molecule has 28 heavy (non-hydrogen) atoms. The van der Waals surface area contributed by atoms with Gasteiger partial charge in [-0.1, -0.05) is 20.8 Å². The maximum Gasteiger partial charge on any atom is 0.163 e. The van der Waals surface area contributed by atoms with E-state index >= 15 is 0 Å². The van der Waals surface area contributed by atoms with E-state index in [1.54, 1.807) is 0 Å². The van der Waals surface area contributed by atoms with Gasteiger partial charge < -0.3 is 24.4 Å². The van der Waals surface area contributed by atoms with Crippen LogP contribution in [0.1, 0.15) is 79.6 Å². The Morgan fingerprint density at radius 3 is 2.39 bits per heavy atom. The Kier molecular flexibility index (Phi) is 5.00. The van der Waals surface area contributed by atoms with Gasteiger partial charge in [0.1, 0.15) is 0 Å². The number of rotatable bonds is 3. The molecule has 2 saturated carbocycles. The van der Waals surface area contributed by atoms with E-state index in [0.717, 1.165) is 38.7 Å². The SMILES string of the molecule is C[C@@H]1CC[C@@H]2[C@]3(C)COC(C)(C)O[C@H]3CC[C@]2(C)[C@]12CC[C@@](CO)(CCO)O2. The fourth-order valence-corrected chi connectivity index (χ4v) is 7.57. The van der Waals surface area contributed by atoms with Crippen molar-refractivity contribution >= 4 is 0 Å². The van der Waals surface area contributed by atoms with Gasteiger partial charge in [0.05, 0.1) is 30.5 Å². The lowest BCUT2D eigenvalue weighted by Gasteiger charge is -2.67. The first-order chi connectivity index (χ1) is 13.1. The maximum absolute atomic E-state index is 10.1. The molecule has 4 aliphatic rings. The minimum atomic E-state index is -0.590. The minimum Gasteiger partial charge on any atom is -0.396 e. The highest BCUT2D eigenvalue weighted by molar-refractivity contribution is 5.18. The summed E-state index contributed by atoms with van der Waals surface area (Å²) in [5.41, 5.74) is -0.820. The maximum atomic E-state index is 10.1. The van der Waals surface area contributed by atoms with Crippen LogP contribution in [0.25, 0.3) is 0 Å². The van der Waals surface area contributed by atoms with E-state index in [1.807, 2.05) is 13.8 Å². The van der Waals surface area contributed by atoms with Crippen LogP contribution in [-0.4, -0.2) is 53.1 Å². The van der Waals surface area contributed by atoms with Gasteiger partial charge in [-0.05, 0) is 64.2 Å². The molecule has 5 nitrogen and oxygen atoms in total. The summed E-state index contributed by atoms with van der Waals surface area (Å²) in [5.74, 6) is 0.409. The molecule has 0 aromatic carbocycles. The molecule has 7 atom stereocenters. The van der Waals surface area contributed by atoms with Gasteiger partial charge in [0, 0.05) is 23.9 Å². The van der Waals surface area contributed by atoms with Gasteiger partial charge in [0.15, 0.2) is 5.79 Å². The summed E-state index contributed by atoms with van der Waals surface area (Å²) < 4.78 is 19.5. The molecule has 0 radical (unpaired) electrons. The van der Waals surface area contributed by atoms with Crippen LogP contribution in [-0.2, 0) is 14.2 Å². The third-order valence-electron chi connectivity index (χ3n) is 9.24. The molecule has 5 heteroatoms. The van der Waals surface area contributed by atoms with Gasteiger partial charge in [-0.2, -0.15) is 0 Å². The monoisotopic (exact) mass is 396 g/mol. The molecule has 162 valence electrons. The van der Waals surface area contributed by atoms with Crippen molar-refractivity contribution in [3.05, 3.63) is 0 Å². The van der Waals surface area contributed by atoms with Crippen LogP contribution in [0.4, 0.5) is 0 Å². The van der Waals surface area contributed by atoms with Crippen molar-refractivity contribution in [2.75, 3.05) is 19.8 Å². The molecule has 0 unspecified atom stereocenters. The van der Waals surface area contributed by atoms with Crippen LogP contribution >= 0.6 is 0 Å². The molecule has 1 spiro atoms. The summed E-state index contributed by atoms with van der Waals surface area (Å²) in [5, 5.41) is 19.7. The molecule has 0 aromatic heterocycles. The summed E-state index contributed by atoms with van der Waals surface area (Å²) >= 11 is 0. The number of fused-ring (bicyclic) bond motifs is 4. The topological polar surface area (TPSA) is 68.2 Å². The van der Waals surface area contributed by atoms with Crippen molar-refractivity contribution in [1.29, 1.82) is 0 Å². The number of hydrogen-bond acceptors (Lipinski definition) is 5. The molecule has 4 rings (SSSR count). The molecule has 2 aliphatic heterocycles. The molecule has 0 amide bonds. The second kappa shape index (κ2) is 6.65. The highest BCUT2D eigenvalue weighted by Gasteiger charge is 2.70.